The molecule has 0 aliphatic carbocycles. The zero-order valence-electron chi connectivity index (χ0n) is 9.21. The van der Waals surface area contributed by atoms with E-state index >= 15 is 0 Å². The minimum absolute atomic E-state index is 0. The maximum atomic E-state index is 4.36. The van der Waals surface area contributed by atoms with Gasteiger partial charge < -0.3 is 6.15 Å². The molecule has 3 N–H and O–H groups in total. The quantitative estimate of drug-likeness (QED) is 0.791. The molecule has 1 aromatic carbocycles. The molecule has 1 heterocycles. The number of hydrogen-bond acceptors (Lipinski definition) is 2. The van der Waals surface area contributed by atoms with Crippen molar-refractivity contribution in [2.24, 2.45) is 0 Å². The summed E-state index contributed by atoms with van der Waals surface area (Å²) in [6.07, 6.45) is 3.74. The van der Waals surface area contributed by atoms with Crippen molar-refractivity contribution in [3.63, 3.8) is 0 Å². The first-order chi connectivity index (χ1) is 7.42. The van der Waals surface area contributed by atoms with Crippen molar-refractivity contribution in [3.05, 3.63) is 78.6 Å². The highest BCUT2D eigenvalue weighted by atomic mass is 14.7. The molecule has 82 valence electrons. The topological polar surface area (TPSA) is 47.9 Å². The molecule has 16 heavy (non-hydrogen) atoms. The van der Waals surface area contributed by atoms with Crippen LogP contribution in [0.15, 0.2) is 67.4 Å². The zero-order valence-corrected chi connectivity index (χ0v) is 9.21. The van der Waals surface area contributed by atoms with Crippen LogP contribution in [-0.2, 0) is 0 Å². The summed E-state index contributed by atoms with van der Waals surface area (Å²) in [7, 11) is 0. The van der Waals surface area contributed by atoms with Crippen molar-refractivity contribution in [3.8, 4) is 0 Å². The van der Waals surface area contributed by atoms with Gasteiger partial charge in [-0.1, -0.05) is 42.5 Å². The van der Waals surface area contributed by atoms with Crippen LogP contribution in [0.3, 0.4) is 0 Å². The van der Waals surface area contributed by atoms with Crippen LogP contribution in [-0.4, -0.2) is 4.98 Å². The minimum Gasteiger partial charge on any atom is -0.344 e. The second kappa shape index (κ2) is 5.83. The minimum atomic E-state index is 0. The molecule has 0 spiro atoms. The molecule has 2 rings (SSSR count). The SMILES string of the molecule is C=CC(c1ccccc1)c1ccccn1.N. The van der Waals surface area contributed by atoms with E-state index in [1.54, 1.807) is 0 Å². The molecule has 1 unspecified atom stereocenters. The molecular formula is C14H16N2. The normalized spacial score (nSPS) is 11.2. The molecule has 0 saturated heterocycles. The first-order valence-electron chi connectivity index (χ1n) is 5.00. The van der Waals surface area contributed by atoms with Crippen LogP contribution in [0.2, 0.25) is 0 Å². The van der Waals surface area contributed by atoms with Crippen LogP contribution in [0.1, 0.15) is 17.2 Å². The fourth-order valence-electron chi connectivity index (χ4n) is 1.65. The lowest BCUT2D eigenvalue weighted by atomic mass is 9.95. The summed E-state index contributed by atoms with van der Waals surface area (Å²) in [5.74, 6) is 0.187. The average Bonchev–Trinajstić information content (AvgIpc) is 2.33. The van der Waals surface area contributed by atoms with Crippen LogP contribution in [0, 0.1) is 0 Å². The molecule has 1 aromatic heterocycles. The van der Waals surface area contributed by atoms with Gasteiger partial charge >= 0.3 is 0 Å². The molecule has 0 aliphatic rings. The molecule has 2 nitrogen and oxygen atoms in total. The number of rotatable bonds is 3. The maximum Gasteiger partial charge on any atom is 0.0516 e. The Balaban J connectivity index is 0.00000128. The molecule has 0 fully saturated rings. The van der Waals surface area contributed by atoms with Gasteiger partial charge in [-0.2, -0.15) is 0 Å². The summed E-state index contributed by atoms with van der Waals surface area (Å²) >= 11 is 0. The third kappa shape index (κ3) is 2.55. The van der Waals surface area contributed by atoms with Crippen LogP contribution in [0.5, 0.6) is 0 Å². The average molecular weight is 212 g/mol. The molecule has 2 aromatic rings. The third-order valence-electron chi connectivity index (χ3n) is 2.40. The highest BCUT2D eigenvalue weighted by Gasteiger charge is 2.09. The van der Waals surface area contributed by atoms with Crippen LogP contribution >= 0.6 is 0 Å². The van der Waals surface area contributed by atoms with E-state index in [0.29, 0.717) is 0 Å². The predicted octanol–water partition coefficient (Wildman–Crippen LogP) is 3.56. The number of aromatic nitrogens is 1. The van der Waals surface area contributed by atoms with Crippen molar-refractivity contribution >= 4 is 0 Å². The lowest BCUT2D eigenvalue weighted by Gasteiger charge is -2.11. The van der Waals surface area contributed by atoms with E-state index < -0.39 is 0 Å². The molecule has 2 heteroatoms. The molecule has 0 bridgehead atoms. The van der Waals surface area contributed by atoms with Crippen molar-refractivity contribution in [2.45, 2.75) is 5.92 Å². The lowest BCUT2D eigenvalue weighted by molar-refractivity contribution is 0.957. The standard InChI is InChI=1S/C14H13N.H3N/c1-2-13(12-8-4-3-5-9-12)14-10-6-7-11-15-14;/h2-11,13H,1H2;1H3. The Hall–Kier alpha value is -1.93. The second-order valence-corrected chi connectivity index (χ2v) is 3.38. The van der Waals surface area contributed by atoms with Gasteiger partial charge in [0.25, 0.3) is 0 Å². The summed E-state index contributed by atoms with van der Waals surface area (Å²) in [6, 6.07) is 16.2. The number of hydrogen-bond donors (Lipinski definition) is 1. The predicted molar refractivity (Wildman–Crippen MR) is 67.7 cm³/mol. The lowest BCUT2D eigenvalue weighted by Crippen LogP contribution is -1.99. The summed E-state index contributed by atoms with van der Waals surface area (Å²) in [6.45, 7) is 3.87. The van der Waals surface area contributed by atoms with Gasteiger partial charge in [-0.15, -0.1) is 6.58 Å². The van der Waals surface area contributed by atoms with E-state index in [0.717, 1.165) is 5.69 Å². The van der Waals surface area contributed by atoms with E-state index in [9.17, 15) is 0 Å². The van der Waals surface area contributed by atoms with E-state index in [-0.39, 0.29) is 12.1 Å². The van der Waals surface area contributed by atoms with E-state index in [4.69, 9.17) is 0 Å². The zero-order chi connectivity index (χ0) is 10.5. The Labute approximate surface area is 96.2 Å². The Morgan fingerprint density at radius 3 is 2.25 bits per heavy atom. The van der Waals surface area contributed by atoms with E-state index in [1.807, 2.05) is 48.7 Å². The Morgan fingerprint density at radius 1 is 1.00 bits per heavy atom. The number of nitrogens with zero attached hydrogens (tertiary/aromatic N) is 1. The Kier molecular flexibility index (Phi) is 4.42. The highest BCUT2D eigenvalue weighted by molar-refractivity contribution is 5.32. The smallest absolute Gasteiger partial charge is 0.0516 e. The molecule has 0 aliphatic heterocycles. The number of benzene rings is 1. The third-order valence-corrected chi connectivity index (χ3v) is 2.40. The van der Waals surface area contributed by atoms with Gasteiger partial charge in [0.2, 0.25) is 0 Å². The van der Waals surface area contributed by atoms with Gasteiger partial charge in [-0.25, -0.2) is 0 Å². The van der Waals surface area contributed by atoms with Gasteiger partial charge in [0, 0.05) is 12.1 Å². The van der Waals surface area contributed by atoms with Gasteiger partial charge in [-0.3, -0.25) is 4.98 Å². The summed E-state index contributed by atoms with van der Waals surface area (Å²) in [4.78, 5) is 4.36. The Morgan fingerprint density at radius 2 is 1.69 bits per heavy atom. The molecule has 0 radical (unpaired) electrons. The molecular weight excluding hydrogens is 196 g/mol. The van der Waals surface area contributed by atoms with Crippen molar-refractivity contribution in [1.29, 1.82) is 0 Å². The van der Waals surface area contributed by atoms with Crippen molar-refractivity contribution in [1.82, 2.24) is 11.1 Å². The summed E-state index contributed by atoms with van der Waals surface area (Å²) in [5.41, 5.74) is 2.27. The van der Waals surface area contributed by atoms with E-state index in [2.05, 4.69) is 23.7 Å². The van der Waals surface area contributed by atoms with Crippen molar-refractivity contribution < 1.29 is 0 Å². The van der Waals surface area contributed by atoms with Gasteiger partial charge in [-0.05, 0) is 17.7 Å². The van der Waals surface area contributed by atoms with Crippen LogP contribution < -0.4 is 6.15 Å². The monoisotopic (exact) mass is 212 g/mol. The summed E-state index contributed by atoms with van der Waals surface area (Å²) < 4.78 is 0. The summed E-state index contributed by atoms with van der Waals surface area (Å²) in [5, 5.41) is 0. The number of allylic oxidation sites excluding steroid dienone is 1. The number of pyridine rings is 1. The van der Waals surface area contributed by atoms with Crippen LogP contribution in [0.4, 0.5) is 0 Å². The van der Waals surface area contributed by atoms with Crippen LogP contribution in [0.25, 0.3) is 0 Å². The molecule has 0 saturated carbocycles. The molecule has 1 atom stereocenters. The van der Waals surface area contributed by atoms with Gasteiger partial charge in [0.1, 0.15) is 0 Å². The van der Waals surface area contributed by atoms with Gasteiger partial charge in [0.05, 0.1) is 5.69 Å². The van der Waals surface area contributed by atoms with Gasteiger partial charge in [0.15, 0.2) is 0 Å². The molecule has 0 amide bonds. The Bertz CT molecular complexity index is 384. The maximum absolute atomic E-state index is 4.36. The fraction of sp³-hybridized carbons (Fsp3) is 0.0714. The second-order valence-electron chi connectivity index (χ2n) is 3.38. The largest absolute Gasteiger partial charge is 0.344 e. The van der Waals surface area contributed by atoms with Crippen molar-refractivity contribution in [2.75, 3.05) is 0 Å². The first kappa shape index (κ1) is 12.1. The first-order valence-corrected chi connectivity index (χ1v) is 5.00. The van der Waals surface area contributed by atoms with E-state index in [1.165, 1.54) is 5.56 Å². The fourth-order valence-corrected chi connectivity index (χ4v) is 1.65. The highest BCUT2D eigenvalue weighted by Crippen LogP contribution is 2.23.